The lowest BCUT2D eigenvalue weighted by Gasteiger charge is -2.18. The van der Waals surface area contributed by atoms with E-state index >= 15 is 0 Å². The van der Waals surface area contributed by atoms with Gasteiger partial charge in [0.2, 0.25) is 17.6 Å². The Kier molecular flexibility index (Phi) is 5.94. The molecule has 2 amide bonds. The summed E-state index contributed by atoms with van der Waals surface area (Å²) in [5.41, 5.74) is 1.17. The van der Waals surface area contributed by atoms with Crippen LogP contribution < -0.4 is 24.4 Å². The minimum atomic E-state index is -0.481. The van der Waals surface area contributed by atoms with Crippen molar-refractivity contribution in [1.29, 1.82) is 0 Å². The van der Waals surface area contributed by atoms with Crippen molar-refractivity contribution in [3.8, 4) is 17.2 Å². The first-order valence-electron chi connectivity index (χ1n) is 8.63. The molecule has 1 N–H and O–H groups in total. The van der Waals surface area contributed by atoms with Crippen molar-refractivity contribution < 1.29 is 23.8 Å². The Morgan fingerprint density at radius 1 is 1.11 bits per heavy atom. The predicted molar refractivity (Wildman–Crippen MR) is 107 cm³/mol. The van der Waals surface area contributed by atoms with E-state index in [2.05, 4.69) is 5.32 Å². The number of benzene rings is 2. The molecule has 148 valence electrons. The fraction of sp³-hybridized carbons (Fsp3) is 0.300. The van der Waals surface area contributed by atoms with E-state index in [4.69, 9.17) is 25.8 Å². The number of methoxy groups -OCH3 is 3. The number of rotatable bonds is 6. The molecule has 0 saturated carbocycles. The first-order chi connectivity index (χ1) is 13.5. The van der Waals surface area contributed by atoms with E-state index in [0.717, 1.165) is 0 Å². The molecule has 0 aliphatic carbocycles. The van der Waals surface area contributed by atoms with E-state index in [0.29, 0.717) is 33.6 Å². The summed E-state index contributed by atoms with van der Waals surface area (Å²) in [4.78, 5) is 26.7. The third-order valence-electron chi connectivity index (χ3n) is 4.55. The quantitative estimate of drug-likeness (QED) is 0.798. The number of carbonyl (C=O) groups excluding carboxylic acids is 2. The van der Waals surface area contributed by atoms with Gasteiger partial charge in [-0.15, -0.1) is 0 Å². The lowest BCUT2D eigenvalue weighted by atomic mass is 10.1. The lowest BCUT2D eigenvalue weighted by Crippen LogP contribution is -2.28. The van der Waals surface area contributed by atoms with Crippen molar-refractivity contribution >= 4 is 34.8 Å². The van der Waals surface area contributed by atoms with Crippen LogP contribution in [0.2, 0.25) is 5.02 Å². The largest absolute Gasteiger partial charge is 0.493 e. The molecule has 1 saturated heterocycles. The van der Waals surface area contributed by atoms with Gasteiger partial charge in [-0.2, -0.15) is 0 Å². The highest BCUT2D eigenvalue weighted by Crippen LogP contribution is 2.40. The van der Waals surface area contributed by atoms with Crippen LogP contribution in [0.3, 0.4) is 0 Å². The number of hydrogen-bond donors (Lipinski definition) is 1. The van der Waals surface area contributed by atoms with E-state index < -0.39 is 5.92 Å². The first kappa shape index (κ1) is 19.8. The molecule has 1 aliphatic rings. The third kappa shape index (κ3) is 3.99. The van der Waals surface area contributed by atoms with Crippen LogP contribution in [0.15, 0.2) is 36.4 Å². The van der Waals surface area contributed by atoms with Crippen molar-refractivity contribution in [2.24, 2.45) is 5.92 Å². The summed E-state index contributed by atoms with van der Waals surface area (Å²) < 4.78 is 15.9. The molecule has 1 unspecified atom stereocenters. The van der Waals surface area contributed by atoms with E-state index in [-0.39, 0.29) is 24.8 Å². The fourth-order valence-corrected chi connectivity index (χ4v) is 3.36. The molecular weight excluding hydrogens is 384 g/mol. The summed E-state index contributed by atoms with van der Waals surface area (Å²) >= 11 is 6.01. The van der Waals surface area contributed by atoms with Gasteiger partial charge in [0.1, 0.15) is 0 Å². The molecule has 0 radical (unpaired) electrons. The number of hydrogen-bond acceptors (Lipinski definition) is 5. The summed E-state index contributed by atoms with van der Waals surface area (Å²) in [5.74, 6) is 0.441. The normalized spacial score (nSPS) is 16.1. The second-order valence-electron chi connectivity index (χ2n) is 6.29. The Balaban J connectivity index is 1.76. The molecule has 1 aliphatic heterocycles. The number of carbonyl (C=O) groups is 2. The fourth-order valence-electron chi connectivity index (χ4n) is 3.17. The molecule has 1 heterocycles. The smallest absolute Gasteiger partial charge is 0.229 e. The maximum absolute atomic E-state index is 12.7. The molecule has 0 aromatic heterocycles. The molecule has 8 heteroatoms. The number of nitrogens with one attached hydrogen (secondary N) is 1. The third-order valence-corrected chi connectivity index (χ3v) is 4.78. The standard InChI is InChI=1S/C20H21ClN2O5/c1-26-16-9-14(10-17(27-2)19(16)28-3)22-20(25)12-7-18(24)23(11-12)15-6-4-5-13(21)8-15/h4-6,8-10,12H,7,11H2,1-3H3,(H,22,25). The van der Waals surface area contributed by atoms with Crippen LogP contribution in [0.1, 0.15) is 6.42 Å². The number of halogens is 1. The van der Waals surface area contributed by atoms with Gasteiger partial charge in [-0.25, -0.2) is 0 Å². The van der Waals surface area contributed by atoms with Crippen molar-refractivity contribution in [2.75, 3.05) is 38.1 Å². The van der Waals surface area contributed by atoms with E-state index in [1.165, 1.54) is 21.3 Å². The second-order valence-corrected chi connectivity index (χ2v) is 6.72. The monoisotopic (exact) mass is 404 g/mol. The van der Waals surface area contributed by atoms with Crippen LogP contribution in [-0.4, -0.2) is 39.7 Å². The van der Waals surface area contributed by atoms with Crippen LogP contribution in [-0.2, 0) is 9.59 Å². The van der Waals surface area contributed by atoms with Crippen LogP contribution in [0.25, 0.3) is 0 Å². The molecule has 7 nitrogen and oxygen atoms in total. The topological polar surface area (TPSA) is 77.1 Å². The van der Waals surface area contributed by atoms with Gasteiger partial charge in [-0.1, -0.05) is 17.7 Å². The maximum atomic E-state index is 12.7. The summed E-state index contributed by atoms with van der Waals surface area (Å²) in [6.07, 6.45) is 0.128. The van der Waals surface area contributed by atoms with Crippen molar-refractivity contribution in [1.82, 2.24) is 0 Å². The zero-order valence-electron chi connectivity index (χ0n) is 15.8. The Bertz CT molecular complexity index is 877. The Hall–Kier alpha value is -2.93. The molecule has 2 aromatic rings. The Labute approximate surface area is 168 Å². The summed E-state index contributed by atoms with van der Waals surface area (Å²) in [6, 6.07) is 10.3. The Morgan fingerprint density at radius 3 is 2.36 bits per heavy atom. The number of amides is 2. The van der Waals surface area contributed by atoms with Crippen LogP contribution in [0.5, 0.6) is 17.2 Å². The minimum absolute atomic E-state index is 0.118. The van der Waals surface area contributed by atoms with Crippen LogP contribution in [0, 0.1) is 5.92 Å². The molecular formula is C20H21ClN2O5. The second kappa shape index (κ2) is 8.39. The first-order valence-corrected chi connectivity index (χ1v) is 9.01. The average Bonchev–Trinajstić information content (AvgIpc) is 3.09. The number of nitrogens with zero attached hydrogens (tertiary/aromatic N) is 1. The van der Waals surface area contributed by atoms with E-state index in [9.17, 15) is 9.59 Å². The van der Waals surface area contributed by atoms with Crippen molar-refractivity contribution in [3.63, 3.8) is 0 Å². The summed E-state index contributed by atoms with van der Waals surface area (Å²) in [5, 5.41) is 3.37. The van der Waals surface area contributed by atoms with Gasteiger partial charge in [0.25, 0.3) is 0 Å². The number of anilines is 2. The zero-order chi connectivity index (χ0) is 20.3. The summed E-state index contributed by atoms with van der Waals surface area (Å²) in [6.45, 7) is 0.287. The van der Waals surface area contributed by atoms with Crippen LogP contribution in [0.4, 0.5) is 11.4 Å². The molecule has 28 heavy (non-hydrogen) atoms. The zero-order valence-corrected chi connectivity index (χ0v) is 16.6. The Morgan fingerprint density at radius 2 is 1.79 bits per heavy atom. The van der Waals surface area contributed by atoms with Gasteiger partial charge < -0.3 is 24.4 Å². The van der Waals surface area contributed by atoms with Gasteiger partial charge in [0.05, 0.1) is 27.2 Å². The highest BCUT2D eigenvalue weighted by atomic mass is 35.5. The van der Waals surface area contributed by atoms with Crippen molar-refractivity contribution in [2.45, 2.75) is 6.42 Å². The SMILES string of the molecule is COc1cc(NC(=O)C2CC(=O)N(c3cccc(Cl)c3)C2)cc(OC)c1OC. The molecule has 2 aromatic carbocycles. The molecule has 3 rings (SSSR count). The van der Waals surface area contributed by atoms with E-state index in [1.807, 2.05) is 0 Å². The van der Waals surface area contributed by atoms with Gasteiger partial charge >= 0.3 is 0 Å². The predicted octanol–water partition coefficient (Wildman–Crippen LogP) is 3.36. The molecule has 0 bridgehead atoms. The summed E-state index contributed by atoms with van der Waals surface area (Å²) in [7, 11) is 4.51. The number of ether oxygens (including phenoxy) is 3. The van der Waals surface area contributed by atoms with Crippen molar-refractivity contribution in [3.05, 3.63) is 41.4 Å². The molecule has 1 atom stereocenters. The van der Waals surface area contributed by atoms with E-state index in [1.54, 1.807) is 41.3 Å². The van der Waals surface area contributed by atoms with Crippen LogP contribution >= 0.6 is 11.6 Å². The lowest BCUT2D eigenvalue weighted by molar-refractivity contribution is -0.122. The highest BCUT2D eigenvalue weighted by Gasteiger charge is 2.35. The maximum Gasteiger partial charge on any atom is 0.229 e. The van der Waals surface area contributed by atoms with Gasteiger partial charge in [-0.05, 0) is 18.2 Å². The minimum Gasteiger partial charge on any atom is -0.493 e. The highest BCUT2D eigenvalue weighted by molar-refractivity contribution is 6.31. The van der Waals surface area contributed by atoms with Gasteiger partial charge in [-0.3, -0.25) is 9.59 Å². The molecule has 0 spiro atoms. The van der Waals surface area contributed by atoms with Gasteiger partial charge in [0, 0.05) is 41.5 Å². The average molecular weight is 405 g/mol. The van der Waals surface area contributed by atoms with Gasteiger partial charge in [0.15, 0.2) is 11.5 Å². The molecule has 1 fully saturated rings.